The van der Waals surface area contributed by atoms with Crippen molar-refractivity contribution in [2.45, 2.75) is 6.92 Å². The van der Waals surface area contributed by atoms with Crippen LogP contribution in [0.2, 0.25) is 0 Å². The zero-order chi connectivity index (χ0) is 24.2. The van der Waals surface area contributed by atoms with Crippen molar-refractivity contribution in [2.24, 2.45) is 0 Å². The lowest BCUT2D eigenvalue weighted by Crippen LogP contribution is -2.29. The summed E-state index contributed by atoms with van der Waals surface area (Å²) in [7, 11) is -1.55. The fraction of sp³-hybridized carbons (Fsp3) is 0.0357. The Morgan fingerprint density at radius 3 is 1.94 bits per heavy atom. The molecule has 35 heavy (non-hydrogen) atoms. The first-order valence-electron chi connectivity index (χ1n) is 11.3. The summed E-state index contributed by atoms with van der Waals surface area (Å²) in [6, 6.07) is 26.9. The zero-order valence-electron chi connectivity index (χ0n) is 19.2. The third-order valence-corrected chi connectivity index (χ3v) is 5.61. The summed E-state index contributed by atoms with van der Waals surface area (Å²) in [5, 5.41) is 20.2. The zero-order valence-corrected chi connectivity index (χ0v) is 19.2. The molecule has 6 nitrogen and oxygen atoms in total. The van der Waals surface area contributed by atoms with Crippen molar-refractivity contribution >= 4 is 29.6 Å². The van der Waals surface area contributed by atoms with Gasteiger partial charge in [-0.25, -0.2) is 4.98 Å². The molecule has 7 heteroatoms. The second-order valence-corrected chi connectivity index (χ2v) is 8.00. The predicted molar refractivity (Wildman–Crippen MR) is 141 cm³/mol. The molecule has 0 aliphatic rings. The van der Waals surface area contributed by atoms with E-state index in [-0.39, 0.29) is 0 Å². The summed E-state index contributed by atoms with van der Waals surface area (Å²) in [6.45, 7) is 1.96. The molecule has 0 aliphatic carbocycles. The normalized spacial score (nSPS) is 11.6. The first-order valence-corrected chi connectivity index (χ1v) is 11.3. The molecule has 0 atom stereocenters. The van der Waals surface area contributed by atoms with Gasteiger partial charge in [-0.1, -0.05) is 91.0 Å². The van der Waals surface area contributed by atoms with Gasteiger partial charge in [0, 0.05) is 22.2 Å². The molecule has 0 amide bonds. The third-order valence-electron chi connectivity index (χ3n) is 5.61. The molecular weight excluding hydrogens is 435 g/mol. The van der Waals surface area contributed by atoms with Gasteiger partial charge in [0.05, 0.1) is 5.52 Å². The number of allylic oxidation sites excluding steroid dienone is 3. The number of hydrogen-bond acceptors (Lipinski definition) is 5. The topological polar surface area (TPSA) is 84.1 Å². The maximum absolute atomic E-state index is 9.67. The van der Waals surface area contributed by atoms with Crippen LogP contribution < -0.4 is 5.46 Å². The van der Waals surface area contributed by atoms with Crippen LogP contribution in [-0.2, 0) is 0 Å². The second kappa shape index (κ2) is 9.89. The lowest BCUT2D eigenvalue weighted by atomic mass is 9.80. The van der Waals surface area contributed by atoms with Crippen LogP contribution in [0.25, 0.3) is 45.7 Å². The number of hydrogen-bond donors (Lipinski definition) is 2. The smallest absolute Gasteiger partial charge is 0.423 e. The van der Waals surface area contributed by atoms with E-state index < -0.39 is 7.12 Å². The molecule has 5 aromatic rings. The Kier molecular flexibility index (Phi) is 6.35. The molecule has 0 spiro atoms. The van der Waals surface area contributed by atoms with Crippen molar-refractivity contribution in [3.05, 3.63) is 109 Å². The van der Waals surface area contributed by atoms with Gasteiger partial charge in [0.25, 0.3) is 0 Å². The summed E-state index contributed by atoms with van der Waals surface area (Å²) >= 11 is 0. The van der Waals surface area contributed by atoms with E-state index in [9.17, 15) is 10.0 Å². The standard InChI is InChI=1S/C28H23BN4O2/c1-2-3-6-15-24-19-22-18-23(29(34)35)16-17-25(22)33(24)28-31-26(20-11-7-4-8-12-20)30-27(32-28)21-13-9-5-10-14-21/h2-19,34-35H,1H3/b3-2-,15-6-. The quantitative estimate of drug-likeness (QED) is 0.291. The Morgan fingerprint density at radius 1 is 0.743 bits per heavy atom. The lowest BCUT2D eigenvalue weighted by molar-refractivity contribution is 0.426. The summed E-state index contributed by atoms with van der Waals surface area (Å²) < 4.78 is 1.96. The Balaban J connectivity index is 1.78. The van der Waals surface area contributed by atoms with E-state index in [4.69, 9.17) is 15.0 Å². The first kappa shape index (κ1) is 22.5. The molecule has 0 bridgehead atoms. The maximum atomic E-state index is 9.67. The molecule has 2 N–H and O–H groups in total. The van der Waals surface area contributed by atoms with Gasteiger partial charge in [-0.2, -0.15) is 9.97 Å². The average Bonchev–Trinajstić information content (AvgIpc) is 3.27. The predicted octanol–water partition coefficient (Wildman–Crippen LogP) is 4.42. The highest BCUT2D eigenvalue weighted by atomic mass is 16.4. The van der Waals surface area contributed by atoms with Crippen molar-refractivity contribution in [1.82, 2.24) is 19.5 Å². The maximum Gasteiger partial charge on any atom is 0.488 e. The number of rotatable bonds is 6. The van der Waals surface area contributed by atoms with E-state index in [1.165, 1.54) is 0 Å². The van der Waals surface area contributed by atoms with Gasteiger partial charge in [-0.3, -0.25) is 4.57 Å². The van der Waals surface area contributed by atoms with Gasteiger partial charge < -0.3 is 10.0 Å². The fourth-order valence-corrected chi connectivity index (χ4v) is 3.92. The van der Waals surface area contributed by atoms with Crippen molar-refractivity contribution in [3.8, 4) is 28.7 Å². The van der Waals surface area contributed by atoms with E-state index in [1.807, 2.05) is 109 Å². The Labute approximate surface area is 203 Å². The van der Waals surface area contributed by atoms with Gasteiger partial charge in [0.15, 0.2) is 11.6 Å². The average molecular weight is 458 g/mol. The van der Waals surface area contributed by atoms with Gasteiger partial charge in [0.1, 0.15) is 0 Å². The first-order chi connectivity index (χ1) is 17.1. The van der Waals surface area contributed by atoms with Crippen molar-refractivity contribution in [2.75, 3.05) is 0 Å². The third kappa shape index (κ3) is 4.68. The minimum atomic E-state index is -1.55. The number of nitrogens with zero attached hydrogens (tertiary/aromatic N) is 4. The molecule has 0 fully saturated rings. The van der Waals surface area contributed by atoms with E-state index >= 15 is 0 Å². The lowest BCUT2D eigenvalue weighted by Gasteiger charge is -2.11. The van der Waals surface area contributed by atoms with Gasteiger partial charge in [-0.05, 0) is 30.6 Å². The largest absolute Gasteiger partial charge is 0.488 e. The Bertz CT molecular complexity index is 1470. The van der Waals surface area contributed by atoms with E-state index in [2.05, 4.69) is 0 Å². The highest BCUT2D eigenvalue weighted by Gasteiger charge is 2.18. The van der Waals surface area contributed by atoms with Crippen molar-refractivity contribution < 1.29 is 10.0 Å². The summed E-state index contributed by atoms with van der Waals surface area (Å²) in [6.07, 6.45) is 7.82. The summed E-state index contributed by atoms with van der Waals surface area (Å²) in [5.74, 6) is 1.62. The number of benzene rings is 3. The van der Waals surface area contributed by atoms with Crippen LogP contribution in [0.3, 0.4) is 0 Å². The fourth-order valence-electron chi connectivity index (χ4n) is 3.92. The molecule has 0 saturated carbocycles. The van der Waals surface area contributed by atoms with Crippen LogP contribution >= 0.6 is 0 Å². The molecule has 0 radical (unpaired) electrons. The van der Waals surface area contributed by atoms with Gasteiger partial charge >= 0.3 is 7.12 Å². The summed E-state index contributed by atoms with van der Waals surface area (Å²) in [4.78, 5) is 14.5. The molecule has 2 heterocycles. The van der Waals surface area contributed by atoms with Gasteiger partial charge in [0.2, 0.25) is 5.95 Å². The monoisotopic (exact) mass is 458 g/mol. The van der Waals surface area contributed by atoms with E-state index in [1.54, 1.807) is 12.1 Å². The molecular formula is C28H23BN4O2. The van der Waals surface area contributed by atoms with Crippen LogP contribution in [0.1, 0.15) is 12.6 Å². The minimum Gasteiger partial charge on any atom is -0.423 e. The van der Waals surface area contributed by atoms with Crippen LogP contribution in [0, 0.1) is 0 Å². The molecule has 2 aromatic heterocycles. The Hall–Kier alpha value is -4.33. The van der Waals surface area contributed by atoms with Crippen molar-refractivity contribution in [1.29, 1.82) is 0 Å². The Morgan fingerprint density at radius 2 is 1.37 bits per heavy atom. The highest BCUT2D eigenvalue weighted by Crippen LogP contribution is 2.27. The number of aromatic nitrogens is 4. The van der Waals surface area contributed by atoms with Crippen LogP contribution in [0.5, 0.6) is 0 Å². The minimum absolute atomic E-state index is 0.421. The molecule has 0 saturated heterocycles. The molecule has 170 valence electrons. The van der Waals surface area contributed by atoms with Crippen LogP contribution in [-0.4, -0.2) is 36.7 Å². The van der Waals surface area contributed by atoms with Crippen LogP contribution in [0.15, 0.2) is 103 Å². The molecule has 3 aromatic carbocycles. The molecule has 0 aliphatic heterocycles. The van der Waals surface area contributed by atoms with Gasteiger partial charge in [-0.15, -0.1) is 0 Å². The number of fused-ring (bicyclic) bond motifs is 1. The second-order valence-electron chi connectivity index (χ2n) is 8.00. The van der Waals surface area contributed by atoms with E-state index in [0.29, 0.717) is 23.1 Å². The summed E-state index contributed by atoms with van der Waals surface area (Å²) in [5.41, 5.74) is 3.90. The SMILES string of the molecule is C/C=C\C=C/c1cc2cc(B(O)O)ccc2n1-c1nc(-c2ccccc2)nc(-c2ccccc2)n1. The highest BCUT2D eigenvalue weighted by molar-refractivity contribution is 6.58. The van der Waals surface area contributed by atoms with E-state index in [0.717, 1.165) is 27.7 Å². The molecule has 5 rings (SSSR count). The van der Waals surface area contributed by atoms with Crippen LogP contribution in [0.4, 0.5) is 0 Å². The molecule has 0 unspecified atom stereocenters. The van der Waals surface area contributed by atoms with Crippen molar-refractivity contribution in [3.63, 3.8) is 0 Å².